The Balaban J connectivity index is 2.00. The highest BCUT2D eigenvalue weighted by Gasteiger charge is 2.17. The summed E-state index contributed by atoms with van der Waals surface area (Å²) in [7, 11) is -3.81. The molecular weight excluding hydrogens is 375 g/mol. The van der Waals surface area contributed by atoms with Gasteiger partial charge in [-0.25, -0.2) is 22.3 Å². The van der Waals surface area contributed by atoms with E-state index in [1.165, 1.54) is 48.5 Å². The van der Waals surface area contributed by atoms with E-state index in [0.717, 1.165) is 6.07 Å². The topological polar surface area (TPSA) is 102 Å². The second-order valence-electron chi connectivity index (χ2n) is 5.27. The molecule has 0 aliphatic heterocycles. The summed E-state index contributed by atoms with van der Waals surface area (Å²) in [4.78, 5) is 23.7. The normalized spacial score (nSPS) is 10.9. The fourth-order valence-corrected chi connectivity index (χ4v) is 3.05. The molecule has 27 heavy (non-hydrogen) atoms. The van der Waals surface area contributed by atoms with Crippen molar-refractivity contribution in [2.75, 3.05) is 18.5 Å². The maximum Gasteiger partial charge on any atom is 0.338 e. The first kappa shape index (κ1) is 20.3. The molecule has 7 nitrogen and oxygen atoms in total. The number of esters is 1. The van der Waals surface area contributed by atoms with E-state index in [-0.39, 0.29) is 22.7 Å². The molecule has 0 aliphatic rings. The van der Waals surface area contributed by atoms with Gasteiger partial charge in [0.2, 0.25) is 10.0 Å². The molecular formula is C18H17FN2O5S. The second kappa shape index (κ2) is 9.06. The van der Waals surface area contributed by atoms with Gasteiger partial charge in [-0.15, -0.1) is 6.58 Å². The lowest BCUT2D eigenvalue weighted by atomic mass is 10.2. The fraction of sp³-hybridized carbons (Fsp3) is 0.111. The van der Waals surface area contributed by atoms with E-state index in [0.29, 0.717) is 0 Å². The number of carbonyl (C=O) groups is 2. The van der Waals surface area contributed by atoms with Gasteiger partial charge in [-0.2, -0.15) is 0 Å². The van der Waals surface area contributed by atoms with Crippen LogP contribution < -0.4 is 10.0 Å². The highest BCUT2D eigenvalue weighted by Crippen LogP contribution is 2.14. The van der Waals surface area contributed by atoms with E-state index >= 15 is 0 Å². The lowest BCUT2D eigenvalue weighted by Crippen LogP contribution is -2.24. The Kier molecular flexibility index (Phi) is 6.80. The molecule has 142 valence electrons. The summed E-state index contributed by atoms with van der Waals surface area (Å²) in [6, 6.07) is 10.7. The third-order valence-corrected chi connectivity index (χ3v) is 4.70. The average molecular weight is 392 g/mol. The maximum atomic E-state index is 13.5. The van der Waals surface area contributed by atoms with Crippen LogP contribution in [0, 0.1) is 5.82 Å². The van der Waals surface area contributed by atoms with Crippen LogP contribution in [0.3, 0.4) is 0 Å². The van der Waals surface area contributed by atoms with Crippen LogP contribution in [0.15, 0.2) is 66.1 Å². The van der Waals surface area contributed by atoms with Crippen LogP contribution in [0.1, 0.15) is 10.4 Å². The molecule has 2 aromatic carbocycles. The number of nitrogens with one attached hydrogen (secondary N) is 2. The summed E-state index contributed by atoms with van der Waals surface area (Å²) in [5.74, 6) is -2.24. The summed E-state index contributed by atoms with van der Waals surface area (Å²) in [6.07, 6.45) is 1.38. The number of hydrogen-bond acceptors (Lipinski definition) is 5. The molecule has 0 bridgehead atoms. The van der Waals surface area contributed by atoms with Gasteiger partial charge in [0.1, 0.15) is 5.82 Å². The quantitative estimate of drug-likeness (QED) is 0.529. The van der Waals surface area contributed by atoms with Gasteiger partial charge in [0.25, 0.3) is 5.91 Å². The number of benzene rings is 2. The molecule has 0 fully saturated rings. The van der Waals surface area contributed by atoms with Crippen molar-refractivity contribution in [3.05, 3.63) is 72.6 Å². The summed E-state index contributed by atoms with van der Waals surface area (Å²) in [5.41, 5.74) is -0.0879. The fourth-order valence-electron chi connectivity index (χ4n) is 2.01. The zero-order valence-electron chi connectivity index (χ0n) is 14.1. The molecule has 9 heteroatoms. The zero-order valence-corrected chi connectivity index (χ0v) is 15.0. The standard InChI is InChI=1S/C18H17FN2O5S/c1-2-10-20-27(24,25)14-7-5-6-13(11-14)18(23)26-12-17(22)21-16-9-4-3-8-15(16)19/h2-9,11,20H,1,10,12H2,(H,21,22). The van der Waals surface area contributed by atoms with Crippen LogP contribution in [0.4, 0.5) is 10.1 Å². The molecule has 2 aromatic rings. The van der Waals surface area contributed by atoms with Crippen molar-refractivity contribution in [1.29, 1.82) is 0 Å². The third-order valence-electron chi connectivity index (χ3n) is 3.28. The van der Waals surface area contributed by atoms with Gasteiger partial charge in [-0.3, -0.25) is 4.79 Å². The van der Waals surface area contributed by atoms with Gasteiger partial charge >= 0.3 is 5.97 Å². The number of ether oxygens (including phenoxy) is 1. The average Bonchev–Trinajstić information content (AvgIpc) is 2.66. The number of carbonyl (C=O) groups excluding carboxylic acids is 2. The minimum atomic E-state index is -3.81. The highest BCUT2D eigenvalue weighted by molar-refractivity contribution is 7.89. The van der Waals surface area contributed by atoms with Crippen LogP contribution >= 0.6 is 0 Å². The SMILES string of the molecule is C=CCNS(=O)(=O)c1cccc(C(=O)OCC(=O)Nc2ccccc2F)c1. The van der Waals surface area contributed by atoms with Crippen LogP contribution in [0.2, 0.25) is 0 Å². The van der Waals surface area contributed by atoms with E-state index < -0.39 is 34.3 Å². The van der Waals surface area contributed by atoms with Crippen LogP contribution in [0.25, 0.3) is 0 Å². The summed E-state index contributed by atoms with van der Waals surface area (Å²) in [5, 5.41) is 2.27. The Morgan fingerprint density at radius 1 is 1.15 bits per heavy atom. The van der Waals surface area contributed by atoms with Gasteiger partial charge in [-0.05, 0) is 30.3 Å². The Labute approximate surface area is 155 Å². The van der Waals surface area contributed by atoms with Crippen molar-refractivity contribution in [2.24, 2.45) is 0 Å². The third kappa shape index (κ3) is 5.73. The number of halogens is 1. The number of rotatable bonds is 8. The number of sulfonamides is 1. The predicted molar refractivity (Wildman–Crippen MR) is 97.1 cm³/mol. The van der Waals surface area contributed by atoms with E-state index in [1.54, 1.807) is 0 Å². The minimum absolute atomic E-state index is 0.0349. The molecule has 2 N–H and O–H groups in total. The highest BCUT2D eigenvalue weighted by atomic mass is 32.2. The first-order valence-corrected chi connectivity index (χ1v) is 9.24. The van der Waals surface area contributed by atoms with E-state index in [4.69, 9.17) is 4.74 Å². The molecule has 0 aromatic heterocycles. The number of hydrogen-bond donors (Lipinski definition) is 2. The van der Waals surface area contributed by atoms with Crippen molar-refractivity contribution in [1.82, 2.24) is 4.72 Å². The van der Waals surface area contributed by atoms with E-state index in [2.05, 4.69) is 16.6 Å². The van der Waals surface area contributed by atoms with Gasteiger partial charge in [-0.1, -0.05) is 24.3 Å². The van der Waals surface area contributed by atoms with E-state index in [1.807, 2.05) is 0 Å². The Morgan fingerprint density at radius 2 is 1.89 bits per heavy atom. The molecule has 0 aliphatic carbocycles. The van der Waals surface area contributed by atoms with Gasteiger partial charge < -0.3 is 10.1 Å². The molecule has 1 amide bonds. The second-order valence-corrected chi connectivity index (χ2v) is 7.04. The van der Waals surface area contributed by atoms with Crippen molar-refractivity contribution in [3.8, 4) is 0 Å². The van der Waals surface area contributed by atoms with Gasteiger partial charge in [0.05, 0.1) is 16.1 Å². The Hall–Kier alpha value is -3.04. The summed E-state index contributed by atoms with van der Waals surface area (Å²) >= 11 is 0. The number of para-hydroxylation sites is 1. The number of anilines is 1. The molecule has 0 unspecified atom stereocenters. The molecule has 0 saturated heterocycles. The smallest absolute Gasteiger partial charge is 0.338 e. The van der Waals surface area contributed by atoms with Crippen molar-refractivity contribution < 1.29 is 27.1 Å². The first-order chi connectivity index (χ1) is 12.8. The van der Waals surface area contributed by atoms with Crippen LogP contribution in [-0.4, -0.2) is 33.4 Å². The largest absolute Gasteiger partial charge is 0.452 e. The molecule has 2 rings (SSSR count). The molecule has 0 radical (unpaired) electrons. The zero-order chi connectivity index (χ0) is 19.9. The van der Waals surface area contributed by atoms with Gasteiger partial charge in [0.15, 0.2) is 6.61 Å². The number of amides is 1. The minimum Gasteiger partial charge on any atom is -0.452 e. The van der Waals surface area contributed by atoms with Crippen molar-refractivity contribution in [3.63, 3.8) is 0 Å². The monoisotopic (exact) mass is 392 g/mol. The lowest BCUT2D eigenvalue weighted by molar-refractivity contribution is -0.119. The molecule has 0 saturated carbocycles. The van der Waals surface area contributed by atoms with Gasteiger partial charge in [0, 0.05) is 6.54 Å². The Morgan fingerprint density at radius 3 is 2.59 bits per heavy atom. The molecule has 0 spiro atoms. The van der Waals surface area contributed by atoms with E-state index in [9.17, 15) is 22.4 Å². The molecule has 0 heterocycles. The summed E-state index contributed by atoms with van der Waals surface area (Å²) in [6.45, 7) is 2.80. The van der Waals surface area contributed by atoms with Crippen LogP contribution in [-0.2, 0) is 19.6 Å². The van der Waals surface area contributed by atoms with Crippen molar-refractivity contribution >= 4 is 27.6 Å². The van der Waals surface area contributed by atoms with Crippen molar-refractivity contribution in [2.45, 2.75) is 4.90 Å². The first-order valence-electron chi connectivity index (χ1n) is 7.75. The summed E-state index contributed by atoms with van der Waals surface area (Å²) < 4.78 is 44.7. The maximum absolute atomic E-state index is 13.5. The lowest BCUT2D eigenvalue weighted by Gasteiger charge is -2.09. The predicted octanol–water partition coefficient (Wildman–Crippen LogP) is 2.09. The Bertz CT molecular complexity index is 960. The van der Waals surface area contributed by atoms with Crippen LogP contribution in [0.5, 0.6) is 0 Å². The molecule has 0 atom stereocenters.